The number of carbonyl (C=O) groups is 1. The summed E-state index contributed by atoms with van der Waals surface area (Å²) in [5.74, 6) is -1.12. The summed E-state index contributed by atoms with van der Waals surface area (Å²) in [6.07, 6.45) is 0.867. The molecule has 0 spiro atoms. The van der Waals surface area contributed by atoms with Crippen LogP contribution in [0.4, 0.5) is 13.2 Å². The summed E-state index contributed by atoms with van der Waals surface area (Å²) in [5, 5.41) is 7.76. The van der Waals surface area contributed by atoms with E-state index in [1.807, 2.05) is 0 Å². The fourth-order valence-electron chi connectivity index (χ4n) is 3.62. The Kier molecular flexibility index (Phi) is 6.32. The zero-order valence-corrected chi connectivity index (χ0v) is 18.9. The molecule has 4 aromatic rings. The summed E-state index contributed by atoms with van der Waals surface area (Å²) in [5.41, 5.74) is -0.101. The van der Waals surface area contributed by atoms with Crippen LogP contribution in [0.3, 0.4) is 0 Å². The van der Waals surface area contributed by atoms with Gasteiger partial charge in [0.05, 0.1) is 23.4 Å². The van der Waals surface area contributed by atoms with Gasteiger partial charge in [-0.3, -0.25) is 4.79 Å². The topological polar surface area (TPSA) is 56.1 Å². The number of nitrogens with one attached hydrogen (secondary N) is 1. The van der Waals surface area contributed by atoms with Crippen LogP contribution in [0.15, 0.2) is 72.9 Å². The lowest BCUT2D eigenvalue weighted by molar-refractivity contribution is -0.132. The van der Waals surface area contributed by atoms with Gasteiger partial charge in [0, 0.05) is 5.39 Å². The summed E-state index contributed by atoms with van der Waals surface area (Å²) in [4.78, 5) is 12.2. The normalized spacial score (nSPS) is 13.5. The van der Waals surface area contributed by atoms with Crippen molar-refractivity contribution < 1.29 is 22.7 Å². The minimum absolute atomic E-state index is 0.336. The van der Waals surface area contributed by atoms with Crippen LogP contribution in [-0.2, 0) is 4.79 Å². The molecule has 1 aromatic heterocycles. The van der Waals surface area contributed by atoms with Crippen LogP contribution in [0, 0.1) is 11.6 Å². The van der Waals surface area contributed by atoms with Crippen molar-refractivity contribution in [2.75, 3.05) is 0 Å². The van der Waals surface area contributed by atoms with Gasteiger partial charge >= 0.3 is 0 Å². The minimum atomic E-state index is -2.07. The molecule has 2 atom stereocenters. The van der Waals surface area contributed by atoms with Crippen LogP contribution in [0.1, 0.15) is 32.4 Å². The number of benzene rings is 3. The predicted octanol–water partition coefficient (Wildman–Crippen LogP) is 5.68. The molecule has 0 aliphatic carbocycles. The summed E-state index contributed by atoms with van der Waals surface area (Å²) in [6.45, 7) is 4.00. The van der Waals surface area contributed by atoms with E-state index in [9.17, 15) is 18.0 Å². The van der Waals surface area contributed by atoms with Gasteiger partial charge in [-0.25, -0.2) is 17.9 Å². The van der Waals surface area contributed by atoms with Crippen molar-refractivity contribution in [2.45, 2.75) is 38.6 Å². The SMILES string of the molecule is C[C@H](NC(=O)C(C)(C)F)[C@H](Oc1ccc2c(cnn2-c2ccc(F)cc2)c1)c1cccc(F)c1. The Labute approximate surface area is 195 Å². The average Bonchev–Trinajstić information content (AvgIpc) is 3.20. The van der Waals surface area contributed by atoms with Gasteiger partial charge in [-0.05, 0) is 80.9 Å². The molecular weight excluding hydrogens is 443 g/mol. The van der Waals surface area contributed by atoms with E-state index in [1.165, 1.54) is 38.1 Å². The smallest absolute Gasteiger partial charge is 0.257 e. The highest BCUT2D eigenvalue weighted by Crippen LogP contribution is 2.29. The van der Waals surface area contributed by atoms with Crippen molar-refractivity contribution in [2.24, 2.45) is 0 Å². The molecule has 0 aliphatic heterocycles. The molecule has 0 bridgehead atoms. The molecular formula is C26H24F3N3O2. The molecule has 0 radical (unpaired) electrons. The third-order valence-corrected chi connectivity index (χ3v) is 5.40. The highest BCUT2D eigenvalue weighted by molar-refractivity contribution is 5.84. The number of hydrogen-bond acceptors (Lipinski definition) is 3. The summed E-state index contributed by atoms with van der Waals surface area (Å²) >= 11 is 0. The number of amides is 1. The second-order valence-corrected chi connectivity index (χ2v) is 8.58. The van der Waals surface area contributed by atoms with E-state index in [0.29, 0.717) is 17.0 Å². The van der Waals surface area contributed by atoms with E-state index in [1.54, 1.807) is 60.3 Å². The minimum Gasteiger partial charge on any atom is -0.484 e. The quantitative estimate of drug-likeness (QED) is 0.381. The van der Waals surface area contributed by atoms with Crippen LogP contribution >= 0.6 is 0 Å². The Morgan fingerprint density at radius 3 is 2.44 bits per heavy atom. The first kappa shape index (κ1) is 23.4. The molecule has 3 aromatic carbocycles. The second kappa shape index (κ2) is 9.21. The molecule has 0 unspecified atom stereocenters. The fourth-order valence-corrected chi connectivity index (χ4v) is 3.62. The predicted molar refractivity (Wildman–Crippen MR) is 124 cm³/mol. The van der Waals surface area contributed by atoms with Crippen molar-refractivity contribution in [3.05, 3.63) is 90.1 Å². The summed E-state index contributed by atoms with van der Waals surface area (Å²) in [7, 11) is 0. The van der Waals surface area contributed by atoms with Gasteiger partial charge < -0.3 is 10.1 Å². The number of alkyl halides is 1. The first-order valence-corrected chi connectivity index (χ1v) is 10.8. The third-order valence-electron chi connectivity index (χ3n) is 5.40. The van der Waals surface area contributed by atoms with Crippen LogP contribution < -0.4 is 10.1 Å². The van der Waals surface area contributed by atoms with Gasteiger partial charge in [0.1, 0.15) is 23.5 Å². The van der Waals surface area contributed by atoms with Crippen LogP contribution in [-0.4, -0.2) is 27.4 Å². The van der Waals surface area contributed by atoms with Crippen molar-refractivity contribution in [1.29, 1.82) is 0 Å². The fraction of sp³-hybridized carbons (Fsp3) is 0.231. The molecule has 0 saturated heterocycles. The van der Waals surface area contributed by atoms with Crippen molar-refractivity contribution in [3.8, 4) is 11.4 Å². The van der Waals surface area contributed by atoms with E-state index in [-0.39, 0.29) is 5.82 Å². The van der Waals surface area contributed by atoms with Gasteiger partial charge in [0.25, 0.3) is 5.91 Å². The number of carbonyl (C=O) groups excluding carboxylic acids is 1. The van der Waals surface area contributed by atoms with Crippen LogP contribution in [0.2, 0.25) is 0 Å². The zero-order valence-electron chi connectivity index (χ0n) is 18.9. The molecule has 34 heavy (non-hydrogen) atoms. The summed E-state index contributed by atoms with van der Waals surface area (Å²) < 4.78 is 49.2. The average molecular weight is 467 g/mol. The van der Waals surface area contributed by atoms with E-state index >= 15 is 0 Å². The van der Waals surface area contributed by atoms with Crippen molar-refractivity contribution in [3.63, 3.8) is 0 Å². The Balaban J connectivity index is 1.64. The van der Waals surface area contributed by atoms with E-state index in [2.05, 4.69) is 10.4 Å². The molecule has 5 nitrogen and oxygen atoms in total. The molecule has 4 rings (SSSR count). The molecule has 1 amide bonds. The molecule has 8 heteroatoms. The molecule has 1 heterocycles. The van der Waals surface area contributed by atoms with Gasteiger partial charge in [0.15, 0.2) is 5.67 Å². The maximum Gasteiger partial charge on any atom is 0.257 e. The Morgan fingerprint density at radius 2 is 1.76 bits per heavy atom. The molecule has 0 saturated carbocycles. The maximum atomic E-state index is 14.1. The maximum absolute atomic E-state index is 14.1. The highest BCUT2D eigenvalue weighted by atomic mass is 19.1. The largest absolute Gasteiger partial charge is 0.484 e. The number of fused-ring (bicyclic) bond motifs is 1. The van der Waals surface area contributed by atoms with Crippen LogP contribution in [0.25, 0.3) is 16.6 Å². The first-order chi connectivity index (χ1) is 16.1. The molecule has 1 N–H and O–H groups in total. The molecule has 176 valence electrons. The van der Waals surface area contributed by atoms with Gasteiger partial charge in [-0.2, -0.15) is 5.10 Å². The van der Waals surface area contributed by atoms with Crippen molar-refractivity contribution in [1.82, 2.24) is 15.1 Å². The zero-order chi connectivity index (χ0) is 24.5. The van der Waals surface area contributed by atoms with Gasteiger partial charge in [-0.1, -0.05) is 12.1 Å². The monoisotopic (exact) mass is 467 g/mol. The van der Waals surface area contributed by atoms with Gasteiger partial charge in [-0.15, -0.1) is 0 Å². The number of rotatable bonds is 7. The molecule has 0 fully saturated rings. The first-order valence-electron chi connectivity index (χ1n) is 10.8. The third kappa shape index (κ3) is 5.06. The van der Waals surface area contributed by atoms with E-state index in [0.717, 1.165) is 10.9 Å². The number of hydrogen-bond donors (Lipinski definition) is 1. The van der Waals surface area contributed by atoms with E-state index in [4.69, 9.17) is 4.74 Å². The lowest BCUT2D eigenvalue weighted by Gasteiger charge is -2.28. The van der Waals surface area contributed by atoms with Crippen LogP contribution in [0.5, 0.6) is 5.75 Å². The Bertz CT molecular complexity index is 1310. The number of nitrogens with zero attached hydrogens (tertiary/aromatic N) is 2. The highest BCUT2D eigenvalue weighted by Gasteiger charge is 2.31. The second-order valence-electron chi connectivity index (χ2n) is 8.58. The lowest BCUT2D eigenvalue weighted by Crippen LogP contribution is -2.46. The lowest BCUT2D eigenvalue weighted by atomic mass is 10.0. The summed E-state index contributed by atoms with van der Waals surface area (Å²) in [6, 6.07) is 16.5. The van der Waals surface area contributed by atoms with E-state index < -0.39 is 29.5 Å². The Hall–Kier alpha value is -3.81. The standard InChI is InChI=1S/C26H24F3N3O2/c1-16(31-25(33)26(2,3)29)24(17-5-4-6-20(28)13-17)34-22-11-12-23-18(14-22)15-30-32(23)21-9-7-19(27)8-10-21/h4-16,24H,1-3H3,(H,31,33)/t16-,24-/m0/s1. The Morgan fingerprint density at radius 1 is 1.03 bits per heavy atom. The number of aromatic nitrogens is 2. The van der Waals surface area contributed by atoms with Crippen molar-refractivity contribution >= 4 is 16.8 Å². The number of halogens is 3. The number of ether oxygens (including phenoxy) is 1. The molecule has 0 aliphatic rings. The van der Waals surface area contributed by atoms with Gasteiger partial charge in [0.2, 0.25) is 0 Å².